The zero-order chi connectivity index (χ0) is 22.9. The van der Waals surface area contributed by atoms with Crippen LogP contribution in [0.2, 0.25) is 0 Å². The third-order valence-electron chi connectivity index (χ3n) is 5.85. The quantitative estimate of drug-likeness (QED) is 0.650. The lowest BCUT2D eigenvalue weighted by Gasteiger charge is -2.35. The van der Waals surface area contributed by atoms with E-state index in [9.17, 15) is 4.79 Å². The van der Waals surface area contributed by atoms with Gasteiger partial charge in [-0.1, -0.05) is 24.8 Å². The molecule has 0 bridgehead atoms. The van der Waals surface area contributed by atoms with Gasteiger partial charge in [-0.15, -0.1) is 0 Å². The van der Waals surface area contributed by atoms with Crippen molar-refractivity contribution >= 4 is 28.1 Å². The van der Waals surface area contributed by atoms with Crippen LogP contribution in [-0.2, 0) is 0 Å². The number of likely N-dealkylation sites (N-methyl/N-ethyl adjacent to an activating group) is 2. The second kappa shape index (κ2) is 8.52. The molecule has 2 aliphatic heterocycles. The van der Waals surface area contributed by atoms with Crippen molar-refractivity contribution in [2.45, 2.75) is 6.10 Å². The summed E-state index contributed by atoms with van der Waals surface area (Å²) in [6, 6.07) is 11.4. The van der Waals surface area contributed by atoms with E-state index >= 15 is 0 Å². The molecule has 0 radical (unpaired) electrons. The molecule has 3 aromatic rings. The van der Waals surface area contributed by atoms with Gasteiger partial charge in [-0.3, -0.25) is 9.69 Å². The monoisotopic (exact) mass is 439 g/mol. The Morgan fingerprint density at radius 1 is 1.09 bits per heavy atom. The van der Waals surface area contributed by atoms with Gasteiger partial charge in [0.1, 0.15) is 11.9 Å². The summed E-state index contributed by atoms with van der Waals surface area (Å²) in [7, 11) is 4.01. The molecule has 7 heteroatoms. The van der Waals surface area contributed by atoms with Gasteiger partial charge < -0.3 is 15.0 Å². The highest BCUT2D eigenvalue weighted by atomic mass is 16.5. The number of carbonyl (C=O) groups is 1. The first-order valence-corrected chi connectivity index (χ1v) is 10.8. The summed E-state index contributed by atoms with van der Waals surface area (Å²) in [5, 5.41) is 4.88. The van der Waals surface area contributed by atoms with Crippen molar-refractivity contribution in [3.63, 3.8) is 0 Å². The molecule has 33 heavy (non-hydrogen) atoms. The molecular formula is C26H25N5O2. The third-order valence-corrected chi connectivity index (χ3v) is 5.85. The molecule has 2 aliphatic rings. The van der Waals surface area contributed by atoms with Crippen molar-refractivity contribution in [1.82, 2.24) is 19.8 Å². The van der Waals surface area contributed by atoms with E-state index in [2.05, 4.69) is 51.2 Å². The summed E-state index contributed by atoms with van der Waals surface area (Å²) in [5.74, 6) is 0.690. The number of hydrogen-bond acceptors (Lipinski definition) is 6. The van der Waals surface area contributed by atoms with Crippen molar-refractivity contribution in [2.24, 2.45) is 0 Å². The second-order valence-electron chi connectivity index (χ2n) is 8.45. The molecule has 0 atom stereocenters. The van der Waals surface area contributed by atoms with Crippen LogP contribution in [0.3, 0.4) is 0 Å². The van der Waals surface area contributed by atoms with Crippen LogP contribution in [-0.4, -0.2) is 59.0 Å². The molecule has 7 nitrogen and oxygen atoms in total. The molecule has 166 valence electrons. The summed E-state index contributed by atoms with van der Waals surface area (Å²) in [6.07, 6.45) is 9.57. The molecule has 0 aliphatic carbocycles. The van der Waals surface area contributed by atoms with Gasteiger partial charge in [0.05, 0.1) is 0 Å². The molecule has 0 spiro atoms. The second-order valence-corrected chi connectivity index (χ2v) is 8.45. The minimum atomic E-state index is -0.256. The lowest BCUT2D eigenvalue weighted by Crippen LogP contribution is -2.51. The summed E-state index contributed by atoms with van der Waals surface area (Å²) in [6.45, 7) is 5.72. The van der Waals surface area contributed by atoms with Gasteiger partial charge in [-0.2, -0.15) is 0 Å². The largest absolute Gasteiger partial charge is 0.472 e. The Labute approximate surface area is 192 Å². The molecule has 5 rings (SSSR count). The number of nitrogens with one attached hydrogen (secondary N) is 1. The van der Waals surface area contributed by atoms with Crippen LogP contribution in [0, 0.1) is 0 Å². The molecule has 0 unspecified atom stereocenters. The van der Waals surface area contributed by atoms with E-state index in [4.69, 9.17) is 4.74 Å². The number of fused-ring (bicyclic) bond motifs is 1. The summed E-state index contributed by atoms with van der Waals surface area (Å²) >= 11 is 0. The van der Waals surface area contributed by atoms with E-state index in [1.54, 1.807) is 24.5 Å². The average Bonchev–Trinajstić information content (AvgIpc) is 2.79. The fourth-order valence-corrected chi connectivity index (χ4v) is 3.89. The van der Waals surface area contributed by atoms with Crippen LogP contribution < -0.4 is 10.1 Å². The highest BCUT2D eigenvalue weighted by Crippen LogP contribution is 2.27. The van der Waals surface area contributed by atoms with Gasteiger partial charge in [-0.05, 0) is 47.8 Å². The predicted molar refractivity (Wildman–Crippen MR) is 130 cm³/mol. The number of benzene rings is 1. The number of ether oxygens (including phenoxy) is 1. The first-order chi connectivity index (χ1) is 15.9. The number of nitrogens with zero attached hydrogens (tertiary/aromatic N) is 4. The van der Waals surface area contributed by atoms with Crippen LogP contribution in [0.4, 0.5) is 5.82 Å². The molecule has 1 amide bonds. The lowest BCUT2D eigenvalue weighted by molar-refractivity contribution is 0.0355. The van der Waals surface area contributed by atoms with Gasteiger partial charge in [0, 0.05) is 61.4 Å². The number of anilines is 1. The number of likely N-dealkylation sites (tertiary alicyclic amines) is 1. The molecule has 1 aromatic carbocycles. The van der Waals surface area contributed by atoms with E-state index in [1.165, 1.54) is 0 Å². The average molecular weight is 440 g/mol. The van der Waals surface area contributed by atoms with Gasteiger partial charge in [0.2, 0.25) is 5.88 Å². The molecule has 0 saturated carbocycles. The minimum Gasteiger partial charge on any atom is -0.472 e. The van der Waals surface area contributed by atoms with E-state index < -0.39 is 0 Å². The van der Waals surface area contributed by atoms with Crippen molar-refractivity contribution in [1.29, 1.82) is 0 Å². The van der Waals surface area contributed by atoms with Crippen molar-refractivity contribution in [2.75, 3.05) is 32.5 Å². The number of pyridine rings is 2. The smallest absolute Gasteiger partial charge is 0.257 e. The fraction of sp³-hybridized carbons (Fsp3) is 0.192. The van der Waals surface area contributed by atoms with Gasteiger partial charge in [0.15, 0.2) is 0 Å². The molecule has 1 N–H and O–H groups in total. The van der Waals surface area contributed by atoms with Crippen molar-refractivity contribution in [3.05, 3.63) is 90.5 Å². The first kappa shape index (κ1) is 20.9. The zero-order valence-electron chi connectivity index (χ0n) is 18.7. The lowest BCUT2D eigenvalue weighted by atomic mass is 10.0. The Balaban J connectivity index is 1.34. The Morgan fingerprint density at radius 2 is 1.94 bits per heavy atom. The molecule has 1 fully saturated rings. The maximum atomic E-state index is 12.8. The van der Waals surface area contributed by atoms with Gasteiger partial charge in [0.25, 0.3) is 5.91 Å². The first-order valence-electron chi connectivity index (χ1n) is 10.8. The third kappa shape index (κ3) is 4.49. The molecular weight excluding hydrogens is 414 g/mol. The van der Waals surface area contributed by atoms with Gasteiger partial charge >= 0.3 is 0 Å². The van der Waals surface area contributed by atoms with Crippen LogP contribution >= 0.6 is 0 Å². The van der Waals surface area contributed by atoms with E-state index in [-0.39, 0.29) is 12.0 Å². The van der Waals surface area contributed by atoms with E-state index in [1.807, 2.05) is 37.2 Å². The zero-order valence-corrected chi connectivity index (χ0v) is 18.7. The maximum Gasteiger partial charge on any atom is 0.257 e. The Kier molecular flexibility index (Phi) is 5.40. The summed E-state index contributed by atoms with van der Waals surface area (Å²) in [4.78, 5) is 25.6. The van der Waals surface area contributed by atoms with Crippen molar-refractivity contribution < 1.29 is 9.53 Å². The van der Waals surface area contributed by atoms with Gasteiger partial charge in [-0.25, -0.2) is 9.97 Å². The van der Waals surface area contributed by atoms with Crippen molar-refractivity contribution in [3.8, 4) is 5.88 Å². The minimum absolute atomic E-state index is 0.115. The van der Waals surface area contributed by atoms with Crippen LogP contribution in [0.15, 0.2) is 79.4 Å². The van der Waals surface area contributed by atoms with Crippen LogP contribution in [0.5, 0.6) is 5.88 Å². The highest BCUT2D eigenvalue weighted by molar-refractivity contribution is 6.04. The molecule has 4 heterocycles. The van der Waals surface area contributed by atoms with E-state index in [0.29, 0.717) is 17.3 Å². The van der Waals surface area contributed by atoms with Crippen LogP contribution in [0.1, 0.15) is 15.9 Å². The maximum absolute atomic E-state index is 12.8. The Hall–Kier alpha value is -3.97. The summed E-state index contributed by atoms with van der Waals surface area (Å²) < 4.78 is 5.84. The topological polar surface area (TPSA) is 70.6 Å². The Morgan fingerprint density at radius 3 is 2.73 bits per heavy atom. The Bertz CT molecular complexity index is 1310. The van der Waals surface area contributed by atoms with E-state index in [0.717, 1.165) is 40.7 Å². The number of carbonyl (C=O) groups excluding carboxylic acids is 1. The predicted octanol–water partition coefficient (Wildman–Crippen LogP) is 3.93. The number of aromatic nitrogens is 2. The molecule has 1 saturated heterocycles. The fourth-order valence-electron chi connectivity index (χ4n) is 3.89. The highest BCUT2D eigenvalue weighted by Gasteiger charge is 2.25. The standard InChI is InChI=1S/C26H25N5O2/c1-17-4-5-21(14-31(17)3)18-6-7-20-13-28-24(11-22(20)10-18)29-26(32)19-8-9-27-25(12-19)33-23-15-30(2)16-23/h4-14,23H,1,15-16H2,2-3H3,(H,28,29,32). The normalized spacial score (nSPS) is 16.5. The number of allylic oxidation sites excluding steroid dienone is 3. The number of hydrogen-bond donors (Lipinski definition) is 1. The summed E-state index contributed by atoms with van der Waals surface area (Å²) in [5.41, 5.74) is 3.60. The SMILES string of the molecule is C=C1C=CC(c2ccc3cnc(NC(=O)c4ccnc(OC5CN(C)C5)c4)cc3c2)=CN1C. The number of amides is 1. The molecule has 2 aromatic heterocycles. The van der Waals surface area contributed by atoms with Crippen LogP contribution in [0.25, 0.3) is 16.3 Å². The number of rotatable bonds is 5.